The van der Waals surface area contributed by atoms with E-state index in [0.717, 1.165) is 101 Å². The number of nitrogens with zero attached hydrogens (tertiary/aromatic N) is 7. The van der Waals surface area contributed by atoms with Gasteiger partial charge in [0.15, 0.2) is 13.5 Å². The number of hydrogen-bond donors (Lipinski definition) is 2. The fourth-order valence-corrected chi connectivity index (χ4v) is 13.7. The molecule has 0 radical (unpaired) electrons. The number of imidazole rings is 2. The van der Waals surface area contributed by atoms with Crippen LogP contribution in [0.4, 0.5) is 13.9 Å². The number of sulfonamides is 1. The van der Waals surface area contributed by atoms with Crippen molar-refractivity contribution in [3.63, 3.8) is 0 Å². The van der Waals surface area contributed by atoms with Crippen LogP contribution in [0.1, 0.15) is 78.9 Å². The highest BCUT2D eigenvalue weighted by Gasteiger charge is 2.37. The second-order valence-electron chi connectivity index (χ2n) is 17.9. The number of anilines is 1. The van der Waals surface area contributed by atoms with Gasteiger partial charge in [0.25, 0.3) is 19.1 Å². The van der Waals surface area contributed by atoms with E-state index in [9.17, 15) is 35.2 Å². The summed E-state index contributed by atoms with van der Waals surface area (Å²) in [5.41, 5.74) is 8.70. The minimum Gasteiger partial charge on any atom is -0.330 e. The van der Waals surface area contributed by atoms with Crippen molar-refractivity contribution < 1.29 is 35.2 Å². The van der Waals surface area contributed by atoms with Crippen LogP contribution in [0.2, 0.25) is 0 Å². The van der Waals surface area contributed by atoms with Gasteiger partial charge in [-0.05, 0) is 110 Å². The van der Waals surface area contributed by atoms with Gasteiger partial charge in [0, 0.05) is 43.3 Å². The zero-order valence-electron chi connectivity index (χ0n) is 41.0. The maximum atomic E-state index is 13.4. The molecule has 2 saturated heterocycles. The van der Waals surface area contributed by atoms with Crippen LogP contribution in [0.15, 0.2) is 143 Å². The zero-order valence-corrected chi connectivity index (χ0v) is 45.0. The van der Waals surface area contributed by atoms with Crippen LogP contribution in [0.25, 0.3) is 22.5 Å². The Balaban J connectivity index is 0.000000168. The van der Waals surface area contributed by atoms with E-state index < -0.39 is 19.1 Å². The Labute approximate surface area is 447 Å². The second kappa shape index (κ2) is 25.0. The van der Waals surface area contributed by atoms with E-state index in [2.05, 4.69) is 64.0 Å². The molecule has 0 spiro atoms. The number of amides is 1. The monoisotopic (exact) mass is 1110 g/mol. The largest absolute Gasteiger partial charge is 0.330 e. The van der Waals surface area contributed by atoms with E-state index >= 15 is 0 Å². The Morgan fingerprint density at radius 3 is 1.73 bits per heavy atom. The summed E-state index contributed by atoms with van der Waals surface area (Å²) in [7, 11) is -2.38. The van der Waals surface area contributed by atoms with Crippen molar-refractivity contribution in [2.75, 3.05) is 18.4 Å². The molecule has 6 heterocycles. The van der Waals surface area contributed by atoms with Crippen LogP contribution < -0.4 is 10.6 Å². The van der Waals surface area contributed by atoms with Crippen molar-refractivity contribution >= 4 is 69.3 Å². The number of aromatic nitrogens is 6. The van der Waals surface area contributed by atoms with Crippen molar-refractivity contribution in [1.29, 1.82) is 0 Å². The normalized spacial score (nSPS) is 15.7. The number of benzene rings is 4. The maximum Gasteiger partial charge on any atom is 0.272 e. The third-order valence-corrected chi connectivity index (χ3v) is 18.8. The van der Waals surface area contributed by atoms with E-state index in [1.54, 1.807) is 18.5 Å². The predicted molar refractivity (Wildman–Crippen MR) is 287 cm³/mol. The predicted octanol–water partition coefficient (Wildman–Crippen LogP) is 10.4. The summed E-state index contributed by atoms with van der Waals surface area (Å²) in [5, 5.41) is 6.81. The number of aryl methyl sites for hydroxylation is 4. The third-order valence-electron chi connectivity index (χ3n) is 12.5. The summed E-state index contributed by atoms with van der Waals surface area (Å²) in [6.45, 7) is 5.84. The van der Waals surface area contributed by atoms with Crippen molar-refractivity contribution in [1.82, 2.24) is 38.7 Å². The van der Waals surface area contributed by atoms with Crippen LogP contribution >= 0.6 is 33.4 Å². The summed E-state index contributed by atoms with van der Waals surface area (Å²) in [5.74, 6) is -0.798. The van der Waals surface area contributed by atoms with E-state index in [1.807, 2.05) is 55.1 Å². The lowest BCUT2D eigenvalue weighted by molar-refractivity contribution is -0.116. The number of ketones is 1. The third kappa shape index (κ3) is 14.7. The van der Waals surface area contributed by atoms with Crippen LogP contribution in [0, 0.1) is 11.6 Å². The molecule has 0 saturated carbocycles. The van der Waals surface area contributed by atoms with Crippen LogP contribution in [0.5, 0.6) is 0 Å². The van der Waals surface area contributed by atoms with Crippen molar-refractivity contribution in [2.24, 2.45) is 0 Å². The van der Waals surface area contributed by atoms with Crippen molar-refractivity contribution in [3.8, 4) is 22.5 Å². The molecule has 1 amide bonds. The number of rotatable bonds is 16. The molecule has 2 unspecified atom stereocenters. The van der Waals surface area contributed by atoms with Gasteiger partial charge in [0.1, 0.15) is 22.4 Å². The zero-order chi connectivity index (χ0) is 53.1. The number of thiazole rings is 2. The van der Waals surface area contributed by atoms with Crippen LogP contribution in [0.3, 0.4) is 0 Å². The number of carbonyl (C=O) groups is 2. The number of Topliss-reactive ketones (excluding diaryl/α,β-unsaturated/α-hetero) is 1. The molecule has 0 aliphatic carbocycles. The topological polar surface area (TPSA) is 191 Å². The molecule has 75 heavy (non-hydrogen) atoms. The Kier molecular flexibility index (Phi) is 18.3. The first-order valence-electron chi connectivity index (χ1n) is 24.1. The molecular weight excluding hydrogens is 1060 g/mol. The van der Waals surface area contributed by atoms with Crippen LogP contribution in [-0.4, -0.2) is 75.0 Å². The molecule has 4 aromatic carbocycles. The van der Waals surface area contributed by atoms with Crippen molar-refractivity contribution in [3.05, 3.63) is 173 Å². The molecule has 2 aliphatic rings. The summed E-state index contributed by atoms with van der Waals surface area (Å²) in [4.78, 5) is 38.4. The highest BCUT2D eigenvalue weighted by atomic mass is 35.7. The molecule has 2 aliphatic heterocycles. The Hall–Kier alpha value is -6.33. The molecule has 2 fully saturated rings. The number of hydrogen-bond acceptors (Lipinski definition) is 13. The first-order valence-corrected chi connectivity index (χ1v) is 29.5. The summed E-state index contributed by atoms with van der Waals surface area (Å²) in [6.07, 6.45) is 15.5. The lowest BCUT2D eigenvalue weighted by Crippen LogP contribution is -2.30. The van der Waals surface area contributed by atoms with Crippen LogP contribution in [-0.2, 0) is 61.0 Å². The Morgan fingerprint density at radius 2 is 1.24 bits per heavy atom. The first-order chi connectivity index (χ1) is 36.0. The SMILES string of the molecule is CC(=O)Cc1ncc(S(=O)(=O)Cl)s1.CC(=O)Nc1ncc(S(=O)(=O)N2CCCC2c2ccc(-c3cncn3CCc3ccc(F)cc3)cc2)s1.Fc1ccc(CCn2cncc2-c2ccc(C3CCCN3)cc2)cc1. The molecule has 4 aromatic heterocycles. The van der Waals surface area contributed by atoms with Gasteiger partial charge in [-0.1, -0.05) is 84.1 Å². The average Bonchev–Trinajstić information content (AvgIpc) is 4.25. The molecule has 392 valence electrons. The van der Waals surface area contributed by atoms with E-state index in [-0.39, 0.29) is 49.3 Å². The van der Waals surface area contributed by atoms with E-state index in [1.165, 1.54) is 72.6 Å². The Bertz CT molecular complexity index is 3420. The van der Waals surface area contributed by atoms with Gasteiger partial charge in [-0.25, -0.2) is 45.6 Å². The summed E-state index contributed by atoms with van der Waals surface area (Å²) >= 11 is 1.87. The first kappa shape index (κ1) is 54.9. The number of halogens is 3. The number of nitrogens with one attached hydrogen (secondary N) is 2. The van der Waals surface area contributed by atoms with Gasteiger partial charge >= 0.3 is 0 Å². The fraction of sp³-hybridized carbons (Fsp3) is 0.283. The minimum atomic E-state index is -3.75. The van der Waals surface area contributed by atoms with Gasteiger partial charge in [-0.3, -0.25) is 9.59 Å². The molecule has 2 atom stereocenters. The lowest BCUT2D eigenvalue weighted by atomic mass is 10.0. The van der Waals surface area contributed by atoms with Gasteiger partial charge in [-0.15, -0.1) is 11.3 Å². The minimum absolute atomic E-state index is 0.0228. The molecular formula is C53H54ClF2N9O6S4. The highest BCUT2D eigenvalue weighted by molar-refractivity contribution is 8.15. The fourth-order valence-electron chi connectivity index (χ4n) is 8.78. The van der Waals surface area contributed by atoms with E-state index in [0.29, 0.717) is 24.1 Å². The lowest BCUT2D eigenvalue weighted by Gasteiger charge is -2.23. The van der Waals surface area contributed by atoms with Crippen molar-refractivity contribution in [2.45, 2.75) is 92.4 Å². The molecule has 10 rings (SSSR count). The highest BCUT2D eigenvalue weighted by Crippen LogP contribution is 2.39. The molecule has 15 nitrogen and oxygen atoms in total. The molecule has 22 heteroatoms. The second-order valence-corrected chi connectivity index (χ2v) is 25.0. The van der Waals surface area contributed by atoms with E-state index in [4.69, 9.17) is 10.7 Å². The maximum absolute atomic E-state index is 13.4. The number of carbonyl (C=O) groups excluding carboxylic acids is 2. The standard InChI is InChI=1S/C26H26FN5O3S2.C21H22FN3.C6H6ClNO3S2/c1-18(33)30-26-29-16-25(36-26)37(34,35)32-13-2-3-23(32)20-6-8-21(9-7-20)24-15-28-17-31(24)14-12-19-4-10-22(27)11-5-19;22-19-9-3-16(4-10-19)11-13-25-15-23-14-21(25)18-7-5-17(6-8-18)20-2-1-12-24-20;1-4(9)2-5-8-3-6(12-5)13(7,10)11/h4-11,15-17,23H,2-3,12-14H2,1H3,(H,29,30,33);3-10,14-15,20,24H,1-2,11-13H2;3H,2H2,1H3. The molecule has 8 aromatic rings. The summed E-state index contributed by atoms with van der Waals surface area (Å²) < 4.78 is 80.3. The van der Waals surface area contributed by atoms with Gasteiger partial charge < -0.3 is 19.8 Å². The quantitative estimate of drug-likeness (QED) is 0.0876. The van der Waals surface area contributed by atoms with Gasteiger partial charge in [0.2, 0.25) is 5.91 Å². The molecule has 2 N–H and O–H groups in total. The van der Waals surface area contributed by atoms with Gasteiger partial charge in [0.05, 0.1) is 61.3 Å². The molecule has 0 bridgehead atoms. The Morgan fingerprint density at radius 1 is 0.693 bits per heavy atom. The smallest absolute Gasteiger partial charge is 0.272 e. The van der Waals surface area contributed by atoms with Gasteiger partial charge in [-0.2, -0.15) is 4.31 Å². The average molecular weight is 1110 g/mol. The summed E-state index contributed by atoms with van der Waals surface area (Å²) in [6, 6.07) is 30.2.